The Morgan fingerprint density at radius 3 is 2.43 bits per heavy atom. The predicted octanol–water partition coefficient (Wildman–Crippen LogP) is 5.35. The molecule has 0 heterocycles. The van der Waals surface area contributed by atoms with Gasteiger partial charge in [0, 0.05) is 5.56 Å². The molecule has 0 aliphatic carbocycles. The molecule has 1 amide bonds. The Labute approximate surface area is 192 Å². The first-order chi connectivity index (χ1) is 14.2. The summed E-state index contributed by atoms with van der Waals surface area (Å²) in [6.45, 7) is 3.50. The lowest BCUT2D eigenvalue weighted by Gasteiger charge is -2.13. The van der Waals surface area contributed by atoms with Gasteiger partial charge in [-0.25, -0.2) is 0 Å². The second kappa shape index (κ2) is 11.4. The van der Waals surface area contributed by atoms with Crippen molar-refractivity contribution in [2.24, 2.45) is 0 Å². The highest BCUT2D eigenvalue weighted by Crippen LogP contribution is 2.40. The van der Waals surface area contributed by atoms with Gasteiger partial charge in [0.25, 0.3) is 5.91 Å². The van der Waals surface area contributed by atoms with Gasteiger partial charge in [-0.3, -0.25) is 9.59 Å². The van der Waals surface area contributed by atoms with E-state index in [1.807, 2.05) is 19.1 Å². The Morgan fingerprint density at radius 1 is 1.17 bits per heavy atom. The molecule has 2 aromatic rings. The number of carbonyl (C=O) groups is 2. The monoisotopic (exact) mass is 560 g/mol. The fourth-order valence-corrected chi connectivity index (χ4v) is 4.59. The molecule has 0 bridgehead atoms. The van der Waals surface area contributed by atoms with E-state index in [4.69, 9.17) is 9.47 Å². The summed E-state index contributed by atoms with van der Waals surface area (Å²) in [5, 5.41) is 12.4. The number of benzene rings is 2. The number of halogens is 2. The van der Waals surface area contributed by atoms with E-state index in [1.54, 1.807) is 6.66 Å². The zero-order valence-electron chi connectivity index (χ0n) is 16.4. The minimum atomic E-state index is -1.32. The largest absolute Gasteiger partial charge is 0.507 e. The maximum atomic E-state index is 12.3. The van der Waals surface area contributed by atoms with Gasteiger partial charge in [0.15, 0.2) is 11.9 Å². The van der Waals surface area contributed by atoms with Crippen LogP contribution in [0.4, 0.5) is 0 Å². The van der Waals surface area contributed by atoms with Crippen molar-refractivity contribution in [3.63, 3.8) is 0 Å². The molecule has 0 saturated carbocycles. The van der Waals surface area contributed by atoms with Crippen molar-refractivity contribution >= 4 is 51.5 Å². The van der Waals surface area contributed by atoms with E-state index in [0.717, 1.165) is 5.56 Å². The molecule has 2 N–H and O–H groups in total. The minimum Gasteiger partial charge on any atom is -0.507 e. The van der Waals surface area contributed by atoms with Crippen molar-refractivity contribution in [3.05, 3.63) is 50.4 Å². The Hall–Kier alpha value is -1.96. The third-order valence-electron chi connectivity index (χ3n) is 3.76. The van der Waals surface area contributed by atoms with Gasteiger partial charge in [0.1, 0.15) is 24.7 Å². The van der Waals surface area contributed by atoms with Crippen molar-refractivity contribution in [1.29, 1.82) is 0 Å². The Morgan fingerprint density at radius 2 is 1.83 bits per heavy atom. The van der Waals surface area contributed by atoms with Gasteiger partial charge >= 0.3 is 13.8 Å². The van der Waals surface area contributed by atoms with Crippen LogP contribution in [0.1, 0.15) is 29.3 Å². The number of aromatic hydroxyl groups is 1. The predicted molar refractivity (Wildman–Crippen MR) is 121 cm³/mol. The number of esters is 1. The molecule has 10 heteroatoms. The Kier molecular flexibility index (Phi) is 9.27. The number of phenols is 1. The lowest BCUT2D eigenvalue weighted by atomic mass is 10.1. The van der Waals surface area contributed by atoms with Crippen molar-refractivity contribution < 1.29 is 28.7 Å². The lowest BCUT2D eigenvalue weighted by molar-refractivity contribution is -0.142. The van der Waals surface area contributed by atoms with Crippen LogP contribution in [0.3, 0.4) is 0 Å². The second-order valence-electron chi connectivity index (χ2n) is 6.36. The van der Waals surface area contributed by atoms with E-state index >= 15 is 0 Å². The van der Waals surface area contributed by atoms with Crippen LogP contribution in [0.15, 0.2) is 39.3 Å². The number of amides is 1. The van der Waals surface area contributed by atoms with E-state index in [9.17, 15) is 19.3 Å². The van der Waals surface area contributed by atoms with E-state index < -0.39 is 19.7 Å². The van der Waals surface area contributed by atoms with Crippen LogP contribution >= 0.6 is 39.7 Å². The van der Waals surface area contributed by atoms with Crippen LogP contribution < -0.4 is 10.1 Å². The molecular weight excluding hydrogens is 541 g/mol. The summed E-state index contributed by atoms with van der Waals surface area (Å²) in [7, 11) is -1.32. The van der Waals surface area contributed by atoms with E-state index in [0.29, 0.717) is 33.0 Å². The summed E-state index contributed by atoms with van der Waals surface area (Å²) < 4.78 is 23.5. The average molecular weight is 562 g/mol. The van der Waals surface area contributed by atoms with E-state index in [2.05, 4.69) is 37.2 Å². The van der Waals surface area contributed by atoms with Gasteiger partial charge in [0.2, 0.25) is 0 Å². The third kappa shape index (κ3) is 7.07. The van der Waals surface area contributed by atoms with Crippen LogP contribution in [0.2, 0.25) is 0 Å². The highest BCUT2D eigenvalue weighted by Gasteiger charge is 2.17. The Balaban J connectivity index is 2.16. The van der Waals surface area contributed by atoms with Gasteiger partial charge < -0.3 is 19.9 Å². The lowest BCUT2D eigenvalue weighted by Crippen LogP contribution is -2.30. The molecule has 2 aromatic carbocycles. The summed E-state index contributed by atoms with van der Waals surface area (Å²) in [5.74, 6) is -0.667. The number of hydrogen-bond donors (Lipinski definition) is 2. The second-order valence-corrected chi connectivity index (χ2v) is 9.64. The summed E-state index contributed by atoms with van der Waals surface area (Å²) in [6, 6.07) is 7.84. The SMILES string of the molecule is CCCOC(=O)CNC(=O)c1cc(Oc2c(Br)cc(C[P+](C)=O)cc2Br)ccc1O. The first-order valence-corrected chi connectivity index (χ1v) is 12.5. The van der Waals surface area contributed by atoms with Crippen LogP contribution in [-0.4, -0.2) is 36.8 Å². The quantitative estimate of drug-likeness (QED) is 0.316. The molecule has 1 unspecified atom stereocenters. The fourth-order valence-electron chi connectivity index (χ4n) is 2.45. The van der Waals surface area contributed by atoms with Crippen molar-refractivity contribution in [2.45, 2.75) is 19.5 Å². The third-order valence-corrected chi connectivity index (χ3v) is 5.74. The molecule has 0 saturated heterocycles. The normalized spacial score (nSPS) is 11.0. The smallest absolute Gasteiger partial charge is 0.340 e. The highest BCUT2D eigenvalue weighted by atomic mass is 79.9. The minimum absolute atomic E-state index is 0.0392. The molecule has 0 fully saturated rings. The molecule has 1 atom stereocenters. The average Bonchev–Trinajstić information content (AvgIpc) is 2.68. The summed E-state index contributed by atoms with van der Waals surface area (Å²) in [6.07, 6.45) is 1.12. The van der Waals surface area contributed by atoms with Crippen LogP contribution in [0.25, 0.3) is 0 Å². The maximum absolute atomic E-state index is 12.3. The van der Waals surface area contributed by atoms with Crippen LogP contribution in [-0.2, 0) is 20.3 Å². The topological polar surface area (TPSA) is 102 Å². The molecule has 7 nitrogen and oxygen atoms in total. The van der Waals surface area contributed by atoms with Crippen LogP contribution in [0.5, 0.6) is 17.2 Å². The Bertz CT molecular complexity index is 943. The number of carbonyl (C=O) groups excluding carboxylic acids is 2. The van der Waals surface area contributed by atoms with Gasteiger partial charge in [0.05, 0.1) is 21.1 Å². The summed E-state index contributed by atoms with van der Waals surface area (Å²) in [5.41, 5.74) is 0.841. The van der Waals surface area contributed by atoms with Gasteiger partial charge in [-0.2, -0.15) is 0 Å². The maximum Gasteiger partial charge on any atom is 0.340 e. The zero-order valence-corrected chi connectivity index (χ0v) is 20.5. The standard InChI is InChI=1S/C20H20Br2NO6P/c1-3-6-28-18(25)10-23-20(26)14-9-13(4-5-17(14)24)29-19-15(21)7-12(8-16(19)22)11-30(2)27/h4-5,7-9H,3,6,10-11H2,1-2H3,(H-,23,24,26)/p+1. The first-order valence-electron chi connectivity index (χ1n) is 9.02. The number of hydrogen-bond acceptors (Lipinski definition) is 6. The highest BCUT2D eigenvalue weighted by molar-refractivity contribution is 9.11. The van der Waals surface area contributed by atoms with Gasteiger partial charge in [-0.15, -0.1) is 0 Å². The van der Waals surface area contributed by atoms with Crippen LogP contribution in [0, 0.1) is 0 Å². The molecule has 0 aliphatic rings. The number of nitrogens with one attached hydrogen (secondary N) is 1. The molecular formula is C20H21Br2NO6P+. The molecule has 2 rings (SSSR count). The molecule has 0 radical (unpaired) electrons. The molecule has 0 aromatic heterocycles. The molecule has 0 spiro atoms. The van der Waals surface area contributed by atoms with Crippen molar-refractivity contribution in [1.82, 2.24) is 5.32 Å². The molecule has 0 aliphatic heterocycles. The first kappa shape index (κ1) is 24.3. The number of phenolic OH excluding ortho intramolecular Hbond substituents is 1. The molecule has 160 valence electrons. The number of ether oxygens (including phenoxy) is 2. The zero-order chi connectivity index (χ0) is 22.3. The van der Waals surface area contributed by atoms with E-state index in [1.165, 1.54) is 18.2 Å². The van der Waals surface area contributed by atoms with Gasteiger partial charge in [-0.05, 0) is 68.6 Å². The molecule has 30 heavy (non-hydrogen) atoms. The van der Waals surface area contributed by atoms with E-state index in [-0.39, 0.29) is 24.5 Å². The number of rotatable bonds is 9. The fraction of sp³-hybridized carbons (Fsp3) is 0.300. The van der Waals surface area contributed by atoms with Crippen molar-refractivity contribution in [2.75, 3.05) is 19.8 Å². The van der Waals surface area contributed by atoms with Crippen molar-refractivity contribution in [3.8, 4) is 17.2 Å². The summed E-state index contributed by atoms with van der Waals surface area (Å²) in [4.78, 5) is 23.9. The summed E-state index contributed by atoms with van der Waals surface area (Å²) >= 11 is 6.88. The van der Waals surface area contributed by atoms with Gasteiger partial charge in [-0.1, -0.05) is 11.5 Å².